The summed E-state index contributed by atoms with van der Waals surface area (Å²) in [6, 6.07) is 12.1. The summed E-state index contributed by atoms with van der Waals surface area (Å²) in [6.07, 6.45) is 0. The fourth-order valence-electron chi connectivity index (χ4n) is 2.37. The van der Waals surface area contributed by atoms with Gasteiger partial charge in [-0.25, -0.2) is 4.98 Å². The zero-order valence-electron chi connectivity index (χ0n) is 13.8. The molecule has 130 valence electrons. The highest BCUT2D eigenvalue weighted by atomic mass is 32.2. The predicted octanol–water partition coefficient (Wildman–Crippen LogP) is 3.66. The van der Waals surface area contributed by atoms with Crippen LogP contribution in [0.15, 0.2) is 47.6 Å². The van der Waals surface area contributed by atoms with E-state index < -0.39 is 4.92 Å². The summed E-state index contributed by atoms with van der Waals surface area (Å²) in [4.78, 5) is 14.9. The van der Waals surface area contributed by atoms with E-state index in [9.17, 15) is 10.1 Å². The van der Waals surface area contributed by atoms with Gasteiger partial charge in [0, 0.05) is 24.9 Å². The first-order chi connectivity index (χ1) is 12.1. The van der Waals surface area contributed by atoms with Gasteiger partial charge in [-0.05, 0) is 30.3 Å². The minimum absolute atomic E-state index is 0.0463. The molecule has 0 unspecified atom stereocenters. The van der Waals surface area contributed by atoms with Crippen LogP contribution in [0.5, 0.6) is 11.5 Å². The second-order valence-electron chi connectivity index (χ2n) is 5.26. The van der Waals surface area contributed by atoms with E-state index in [2.05, 4.69) is 4.98 Å². The summed E-state index contributed by atoms with van der Waals surface area (Å²) in [5.41, 5.74) is 1.53. The molecule has 0 fully saturated rings. The summed E-state index contributed by atoms with van der Waals surface area (Å²) in [7, 11) is 3.52. The van der Waals surface area contributed by atoms with Crippen molar-refractivity contribution in [2.24, 2.45) is 7.05 Å². The van der Waals surface area contributed by atoms with Crippen LogP contribution in [0.2, 0.25) is 0 Å². The van der Waals surface area contributed by atoms with Gasteiger partial charge >= 0.3 is 0 Å². The third-order valence-corrected chi connectivity index (χ3v) is 4.67. The molecular formula is C17H17N3O4S. The van der Waals surface area contributed by atoms with E-state index in [0.29, 0.717) is 17.9 Å². The number of thioether (sulfide) groups is 1. The Morgan fingerprint density at radius 1 is 1.20 bits per heavy atom. The molecule has 1 heterocycles. The lowest BCUT2D eigenvalue weighted by atomic mass is 10.3. The maximum atomic E-state index is 10.9. The van der Waals surface area contributed by atoms with Crippen molar-refractivity contribution in [1.29, 1.82) is 0 Å². The number of non-ortho nitro benzene ring substituents is 1. The topological polar surface area (TPSA) is 79.4 Å². The Bertz CT molecular complexity index is 893. The van der Waals surface area contributed by atoms with Crippen LogP contribution in [0.3, 0.4) is 0 Å². The van der Waals surface area contributed by atoms with E-state index in [4.69, 9.17) is 9.47 Å². The van der Waals surface area contributed by atoms with Crippen molar-refractivity contribution >= 4 is 28.5 Å². The molecule has 3 rings (SSSR count). The number of aromatic nitrogens is 2. The van der Waals surface area contributed by atoms with Crippen LogP contribution in [0.1, 0.15) is 0 Å². The quantitative estimate of drug-likeness (QED) is 0.277. The van der Waals surface area contributed by atoms with Crippen LogP contribution in [-0.2, 0) is 7.05 Å². The fourth-order valence-corrected chi connectivity index (χ4v) is 3.18. The molecule has 0 bridgehead atoms. The molecule has 2 aromatic carbocycles. The second-order valence-corrected chi connectivity index (χ2v) is 6.32. The van der Waals surface area contributed by atoms with Crippen molar-refractivity contribution < 1.29 is 14.4 Å². The smallest absolute Gasteiger partial charge is 0.271 e. The van der Waals surface area contributed by atoms with Crippen molar-refractivity contribution in [3.8, 4) is 11.5 Å². The number of imidazole rings is 1. The van der Waals surface area contributed by atoms with Crippen molar-refractivity contribution in [3.63, 3.8) is 0 Å². The Balaban J connectivity index is 1.60. The van der Waals surface area contributed by atoms with E-state index >= 15 is 0 Å². The van der Waals surface area contributed by atoms with E-state index in [-0.39, 0.29) is 5.69 Å². The zero-order valence-corrected chi connectivity index (χ0v) is 14.7. The Kier molecular flexibility index (Phi) is 5.08. The van der Waals surface area contributed by atoms with Gasteiger partial charge in [0.1, 0.15) is 11.5 Å². The van der Waals surface area contributed by atoms with Gasteiger partial charge in [-0.2, -0.15) is 0 Å². The molecule has 0 aliphatic rings. The third-order valence-electron chi connectivity index (χ3n) is 3.68. The van der Waals surface area contributed by atoms with Crippen LogP contribution in [-0.4, -0.2) is 33.9 Å². The average Bonchev–Trinajstić information content (AvgIpc) is 2.94. The lowest BCUT2D eigenvalue weighted by Gasteiger charge is -2.07. The van der Waals surface area contributed by atoms with Crippen LogP contribution >= 0.6 is 11.8 Å². The van der Waals surface area contributed by atoms with Gasteiger partial charge in [-0.1, -0.05) is 11.8 Å². The molecule has 0 atom stereocenters. The molecule has 0 radical (unpaired) electrons. The number of hydrogen-bond acceptors (Lipinski definition) is 6. The highest BCUT2D eigenvalue weighted by molar-refractivity contribution is 7.99. The summed E-state index contributed by atoms with van der Waals surface area (Å²) < 4.78 is 12.7. The number of fused-ring (bicyclic) bond motifs is 1. The first-order valence-corrected chi connectivity index (χ1v) is 8.57. The van der Waals surface area contributed by atoms with Crippen LogP contribution in [0, 0.1) is 10.1 Å². The van der Waals surface area contributed by atoms with Gasteiger partial charge in [-0.15, -0.1) is 0 Å². The molecular weight excluding hydrogens is 342 g/mol. The SMILES string of the molecule is COc1ccc(OCCSc2nc3cc([N+](=O)[O-])ccc3n2C)cc1. The largest absolute Gasteiger partial charge is 0.497 e. The first-order valence-electron chi connectivity index (χ1n) is 7.59. The van der Waals surface area contributed by atoms with Gasteiger partial charge in [0.05, 0.1) is 29.7 Å². The number of ether oxygens (including phenoxy) is 2. The number of benzene rings is 2. The number of nitrogens with zero attached hydrogens (tertiary/aromatic N) is 3. The Hall–Kier alpha value is -2.74. The fraction of sp³-hybridized carbons (Fsp3) is 0.235. The molecule has 0 spiro atoms. The van der Waals surface area contributed by atoms with Crippen molar-refractivity contribution in [1.82, 2.24) is 9.55 Å². The van der Waals surface area contributed by atoms with E-state index in [1.807, 2.05) is 35.9 Å². The molecule has 25 heavy (non-hydrogen) atoms. The Morgan fingerprint density at radius 2 is 1.92 bits per heavy atom. The molecule has 0 saturated carbocycles. The van der Waals surface area contributed by atoms with Gasteiger partial charge in [0.15, 0.2) is 5.16 Å². The molecule has 1 aromatic heterocycles. The number of nitro benzene ring substituents is 1. The Morgan fingerprint density at radius 3 is 2.60 bits per heavy atom. The van der Waals surface area contributed by atoms with E-state index in [1.54, 1.807) is 24.9 Å². The molecule has 0 aliphatic heterocycles. The van der Waals surface area contributed by atoms with Crippen LogP contribution in [0.4, 0.5) is 5.69 Å². The first kappa shape index (κ1) is 17.1. The summed E-state index contributed by atoms with van der Waals surface area (Å²) >= 11 is 1.55. The third kappa shape index (κ3) is 3.85. The summed E-state index contributed by atoms with van der Waals surface area (Å²) in [6.45, 7) is 0.528. The summed E-state index contributed by atoms with van der Waals surface area (Å²) in [5, 5.41) is 11.7. The molecule has 7 nitrogen and oxygen atoms in total. The Labute approximate surface area is 148 Å². The van der Waals surface area contributed by atoms with Crippen molar-refractivity contribution in [3.05, 3.63) is 52.6 Å². The van der Waals surface area contributed by atoms with Crippen LogP contribution in [0.25, 0.3) is 11.0 Å². The molecule has 3 aromatic rings. The molecule has 0 saturated heterocycles. The normalized spacial score (nSPS) is 10.8. The number of rotatable bonds is 7. The number of hydrogen-bond donors (Lipinski definition) is 0. The van der Waals surface area contributed by atoms with Crippen molar-refractivity contribution in [2.75, 3.05) is 19.5 Å². The summed E-state index contributed by atoms with van der Waals surface area (Å²) in [5.74, 6) is 2.28. The molecule has 0 aliphatic carbocycles. The van der Waals surface area contributed by atoms with Gasteiger partial charge in [0.25, 0.3) is 5.69 Å². The second kappa shape index (κ2) is 7.43. The van der Waals surface area contributed by atoms with Crippen molar-refractivity contribution in [2.45, 2.75) is 5.16 Å². The highest BCUT2D eigenvalue weighted by Gasteiger charge is 2.12. The monoisotopic (exact) mass is 359 g/mol. The maximum Gasteiger partial charge on any atom is 0.271 e. The number of aryl methyl sites for hydroxylation is 1. The number of nitro groups is 1. The lowest BCUT2D eigenvalue weighted by Crippen LogP contribution is -2.01. The maximum absolute atomic E-state index is 10.9. The van der Waals surface area contributed by atoms with E-state index in [0.717, 1.165) is 22.2 Å². The van der Waals surface area contributed by atoms with E-state index in [1.165, 1.54) is 12.1 Å². The zero-order chi connectivity index (χ0) is 17.8. The predicted molar refractivity (Wildman–Crippen MR) is 96.6 cm³/mol. The highest BCUT2D eigenvalue weighted by Crippen LogP contribution is 2.26. The van der Waals surface area contributed by atoms with Gasteiger partial charge in [0.2, 0.25) is 0 Å². The van der Waals surface area contributed by atoms with Gasteiger partial charge in [-0.3, -0.25) is 10.1 Å². The minimum Gasteiger partial charge on any atom is -0.497 e. The lowest BCUT2D eigenvalue weighted by molar-refractivity contribution is -0.384. The standard InChI is InChI=1S/C17H17N3O4S/c1-19-16-8-3-12(20(21)22)11-15(16)18-17(19)25-10-9-24-14-6-4-13(23-2)5-7-14/h3-8,11H,9-10H2,1-2H3. The molecule has 8 heteroatoms. The molecule has 0 N–H and O–H groups in total. The van der Waals surface area contributed by atoms with Gasteiger partial charge < -0.3 is 14.0 Å². The molecule has 0 amide bonds. The minimum atomic E-state index is -0.413. The van der Waals surface area contributed by atoms with Crippen LogP contribution < -0.4 is 9.47 Å². The average molecular weight is 359 g/mol. The number of methoxy groups -OCH3 is 1.